The number of fused-ring (bicyclic) bond motifs is 8. The second kappa shape index (κ2) is 15.0. The van der Waals surface area contributed by atoms with E-state index in [2.05, 4.69) is 107 Å². The molecular weight excluding hydrogens is 723 g/mol. The lowest BCUT2D eigenvalue weighted by Gasteiger charge is -2.69. The van der Waals surface area contributed by atoms with Gasteiger partial charge in [0.1, 0.15) is 6.61 Å². The van der Waals surface area contributed by atoms with Crippen molar-refractivity contribution in [1.82, 2.24) is 5.32 Å². The fourth-order valence-electron chi connectivity index (χ4n) is 14.2. The van der Waals surface area contributed by atoms with Crippen LogP contribution < -0.4 is 5.32 Å². The minimum Gasteiger partial charge on any atom is -0.465 e. The van der Waals surface area contributed by atoms with Crippen LogP contribution in [0, 0.1) is 45.8 Å². The van der Waals surface area contributed by atoms with Crippen molar-refractivity contribution in [3.63, 3.8) is 0 Å². The molecule has 3 N–H and O–H groups in total. The van der Waals surface area contributed by atoms with E-state index < -0.39 is 17.2 Å². The summed E-state index contributed by atoms with van der Waals surface area (Å²) in [5.41, 5.74) is 6.29. The number of hydrogen-bond donors (Lipinski definition) is 3. The summed E-state index contributed by atoms with van der Waals surface area (Å²) < 4.78 is 11.1. The molecule has 9 atom stereocenters. The van der Waals surface area contributed by atoms with E-state index in [1.165, 1.54) is 40.5 Å². The summed E-state index contributed by atoms with van der Waals surface area (Å²) in [7, 11) is 1.42. The first-order valence-corrected chi connectivity index (χ1v) is 22.0. The van der Waals surface area contributed by atoms with Gasteiger partial charge >= 0.3 is 12.1 Å². The molecule has 7 heteroatoms. The predicted octanol–water partition coefficient (Wildman–Crippen LogP) is 10.6. The Bertz CT molecular complexity index is 2020. The van der Waals surface area contributed by atoms with Gasteiger partial charge in [0.05, 0.1) is 24.9 Å². The van der Waals surface area contributed by atoms with E-state index in [0.717, 1.165) is 51.4 Å². The lowest BCUT2D eigenvalue weighted by atomic mass is 9.36. The molecule has 3 saturated carbocycles. The van der Waals surface area contributed by atoms with Gasteiger partial charge in [0.25, 0.3) is 0 Å². The Balaban J connectivity index is 1.04. The van der Waals surface area contributed by atoms with E-state index in [4.69, 9.17) is 9.47 Å². The summed E-state index contributed by atoms with van der Waals surface area (Å²) in [5.74, 6) is 1.46. The van der Waals surface area contributed by atoms with E-state index in [1.54, 1.807) is 6.92 Å². The number of allylic oxidation sites excluding steroid dienone is 2. The maximum absolute atomic E-state index is 14.1. The largest absolute Gasteiger partial charge is 0.465 e. The Morgan fingerprint density at radius 1 is 0.845 bits per heavy atom. The lowest BCUT2D eigenvalue weighted by Crippen LogP contribution is -2.66. The SMILES string of the molecule is CCC1(NC(=O)OCC2c3ccccc3-c3ccccc32)CCC2C(CCC3C2(C)CCC2C(C)(C)C(c4ccc(C(=O)OC)cc4)=CCC23C)[C@H]1CC(C)(O)CO. The van der Waals surface area contributed by atoms with E-state index >= 15 is 0 Å². The molecule has 8 rings (SSSR count). The van der Waals surface area contributed by atoms with Crippen molar-refractivity contribution in [2.24, 2.45) is 45.8 Å². The Hall–Kier alpha value is -3.94. The number of rotatable bonds is 9. The van der Waals surface area contributed by atoms with Gasteiger partial charge in [-0.3, -0.25) is 0 Å². The van der Waals surface area contributed by atoms with Crippen LogP contribution in [0.2, 0.25) is 0 Å². The first-order chi connectivity index (χ1) is 27.6. The number of alkyl carbamates (subject to hydrolysis) is 1. The van der Waals surface area contributed by atoms with Crippen LogP contribution >= 0.6 is 0 Å². The Labute approximate surface area is 346 Å². The van der Waals surface area contributed by atoms with E-state index in [9.17, 15) is 19.8 Å². The fraction of sp³-hybridized carbons (Fsp3) is 0.569. The number of carbonyl (C=O) groups is 2. The highest BCUT2D eigenvalue weighted by atomic mass is 16.5. The Morgan fingerprint density at radius 2 is 1.50 bits per heavy atom. The van der Waals surface area contributed by atoms with Crippen LogP contribution in [-0.4, -0.2) is 53.7 Å². The van der Waals surface area contributed by atoms with Crippen LogP contribution in [-0.2, 0) is 9.47 Å². The zero-order valence-electron chi connectivity index (χ0n) is 35.8. The van der Waals surface area contributed by atoms with Crippen molar-refractivity contribution >= 4 is 17.6 Å². The summed E-state index contributed by atoms with van der Waals surface area (Å²) in [6.45, 7) is 13.9. The number of amides is 1. The molecule has 58 heavy (non-hydrogen) atoms. The average Bonchev–Trinajstić information content (AvgIpc) is 3.53. The highest BCUT2D eigenvalue weighted by Gasteiger charge is 2.65. The molecule has 5 aliphatic rings. The highest BCUT2D eigenvalue weighted by Crippen LogP contribution is 2.72. The van der Waals surface area contributed by atoms with Gasteiger partial charge < -0.3 is 25.0 Å². The summed E-state index contributed by atoms with van der Waals surface area (Å²) in [6, 6.07) is 24.8. The molecule has 8 unspecified atom stereocenters. The van der Waals surface area contributed by atoms with E-state index in [1.807, 2.05) is 12.1 Å². The number of carbonyl (C=O) groups excluding carboxylic acids is 2. The zero-order valence-corrected chi connectivity index (χ0v) is 35.8. The summed E-state index contributed by atoms with van der Waals surface area (Å²) in [6.07, 6.45) is 10.6. The smallest absolute Gasteiger partial charge is 0.407 e. The Morgan fingerprint density at radius 3 is 2.12 bits per heavy atom. The fourth-order valence-corrected chi connectivity index (χ4v) is 14.2. The highest BCUT2D eigenvalue weighted by molar-refractivity contribution is 5.90. The third kappa shape index (κ3) is 6.54. The molecule has 0 spiro atoms. The number of aliphatic hydroxyl groups is 2. The van der Waals surface area contributed by atoms with Crippen molar-refractivity contribution < 1.29 is 29.3 Å². The molecule has 310 valence electrons. The first kappa shape index (κ1) is 40.8. The van der Waals surface area contributed by atoms with Crippen molar-refractivity contribution in [2.75, 3.05) is 20.3 Å². The molecule has 1 amide bonds. The molecule has 7 nitrogen and oxygen atoms in total. The third-order valence-corrected chi connectivity index (χ3v) is 16.9. The van der Waals surface area contributed by atoms with Gasteiger partial charge in [0, 0.05) is 11.5 Å². The van der Waals surface area contributed by atoms with Crippen molar-refractivity contribution in [3.8, 4) is 11.1 Å². The van der Waals surface area contributed by atoms with Gasteiger partial charge in [-0.15, -0.1) is 0 Å². The molecule has 0 aliphatic heterocycles. The van der Waals surface area contributed by atoms with Crippen LogP contribution in [0.3, 0.4) is 0 Å². The minimum atomic E-state index is -1.26. The second-order valence-electron chi connectivity index (χ2n) is 20.1. The molecule has 0 aromatic heterocycles. The topological polar surface area (TPSA) is 105 Å². The van der Waals surface area contributed by atoms with E-state index in [-0.39, 0.29) is 47.3 Å². The first-order valence-electron chi connectivity index (χ1n) is 22.0. The number of methoxy groups -OCH3 is 1. The summed E-state index contributed by atoms with van der Waals surface area (Å²) in [5, 5.41) is 25.5. The molecule has 0 radical (unpaired) electrons. The molecule has 0 bridgehead atoms. The van der Waals surface area contributed by atoms with Crippen molar-refractivity contribution in [2.45, 2.75) is 116 Å². The second-order valence-corrected chi connectivity index (χ2v) is 20.1. The number of esters is 1. The number of nitrogens with one attached hydrogen (secondary N) is 1. The zero-order chi connectivity index (χ0) is 41.3. The van der Waals surface area contributed by atoms with Gasteiger partial charge in [0.2, 0.25) is 0 Å². The number of benzene rings is 3. The van der Waals surface area contributed by atoms with Crippen molar-refractivity contribution in [1.29, 1.82) is 0 Å². The average molecular weight is 788 g/mol. The van der Waals surface area contributed by atoms with E-state index in [0.29, 0.717) is 35.7 Å². The summed E-state index contributed by atoms with van der Waals surface area (Å²) in [4.78, 5) is 26.2. The molecule has 3 fully saturated rings. The Kier molecular flexibility index (Phi) is 10.5. The van der Waals surface area contributed by atoms with Crippen LogP contribution in [0.1, 0.15) is 132 Å². The molecular formula is C51H65NO6. The monoisotopic (exact) mass is 787 g/mol. The van der Waals surface area contributed by atoms with Gasteiger partial charge in [0.15, 0.2) is 0 Å². The maximum atomic E-state index is 14.1. The summed E-state index contributed by atoms with van der Waals surface area (Å²) >= 11 is 0. The third-order valence-electron chi connectivity index (χ3n) is 16.9. The van der Waals surface area contributed by atoms with Gasteiger partial charge in [-0.1, -0.05) is 101 Å². The van der Waals surface area contributed by atoms with Gasteiger partial charge in [-0.25, -0.2) is 9.59 Å². The van der Waals surface area contributed by atoms with Crippen LogP contribution in [0.15, 0.2) is 78.9 Å². The minimum absolute atomic E-state index is 0.00977. The van der Waals surface area contributed by atoms with Crippen LogP contribution in [0.25, 0.3) is 16.7 Å². The molecule has 3 aromatic carbocycles. The molecule has 0 heterocycles. The maximum Gasteiger partial charge on any atom is 0.407 e. The van der Waals surface area contributed by atoms with Crippen LogP contribution in [0.4, 0.5) is 4.79 Å². The van der Waals surface area contributed by atoms with Crippen molar-refractivity contribution in [3.05, 3.63) is 101 Å². The lowest BCUT2D eigenvalue weighted by molar-refractivity contribution is -0.181. The van der Waals surface area contributed by atoms with Gasteiger partial charge in [-0.2, -0.15) is 0 Å². The number of aliphatic hydroxyl groups excluding tert-OH is 1. The standard InChI is InChI=1S/C51H65NO6/c1-8-51(52-46(55)58-30-39-36-15-11-9-13-34(36)35-14-10-12-16-37(35)39)28-24-41-38(42(51)29-48(4,56)31-53)21-22-44-49(41,5)27-25-43-47(2,3)40(23-26-50(43,44)6)32-17-19-33(20-18-32)45(54)57-7/h9-20,23,38-39,41-44,53,56H,8,21-22,24-31H2,1-7H3,(H,52,55)/t38?,41?,42-,43?,44?,48?,49?,50?,51?/m1/s1. The molecule has 3 aromatic rings. The number of hydrogen-bond acceptors (Lipinski definition) is 6. The molecule has 0 saturated heterocycles. The quantitative estimate of drug-likeness (QED) is 0.187. The van der Waals surface area contributed by atoms with Crippen LogP contribution in [0.5, 0.6) is 0 Å². The molecule has 5 aliphatic carbocycles. The normalized spacial score (nSPS) is 33.2. The number of ether oxygens (including phenoxy) is 2. The predicted molar refractivity (Wildman–Crippen MR) is 229 cm³/mol. The van der Waals surface area contributed by atoms with Gasteiger partial charge in [-0.05, 0) is 156 Å².